The number of alkyl halides is 2. The average Bonchev–Trinajstić information content (AvgIpc) is 2.51. The van der Waals surface area contributed by atoms with Crippen molar-refractivity contribution in [3.8, 4) is 0 Å². The molecule has 0 aromatic heterocycles. The van der Waals surface area contributed by atoms with E-state index in [1.165, 1.54) is 0 Å². The summed E-state index contributed by atoms with van der Waals surface area (Å²) < 4.78 is 31.7. The highest BCUT2D eigenvalue weighted by Crippen LogP contribution is 2.33. The van der Waals surface area contributed by atoms with Gasteiger partial charge in [-0.05, 0) is 20.8 Å². The number of ketones is 1. The van der Waals surface area contributed by atoms with Crippen LogP contribution in [0.15, 0.2) is 0 Å². The zero-order valence-electron chi connectivity index (χ0n) is 11.1. The van der Waals surface area contributed by atoms with Crippen LogP contribution in [0.1, 0.15) is 40.5 Å². The molecule has 1 heterocycles. The van der Waals surface area contributed by atoms with E-state index in [1.54, 1.807) is 27.7 Å². The Labute approximate surface area is 105 Å². The predicted molar refractivity (Wildman–Crippen MR) is 61.6 cm³/mol. The molecule has 0 aromatic carbocycles. The highest BCUT2D eigenvalue weighted by Gasteiger charge is 2.50. The van der Waals surface area contributed by atoms with Gasteiger partial charge < -0.3 is 4.74 Å². The molecule has 0 aliphatic carbocycles. The molecule has 1 fully saturated rings. The summed E-state index contributed by atoms with van der Waals surface area (Å²) in [4.78, 5) is 24.2. The lowest BCUT2D eigenvalue weighted by atomic mass is 10.1. The van der Waals surface area contributed by atoms with E-state index in [4.69, 9.17) is 4.74 Å². The Hall–Kier alpha value is -1.20. The van der Waals surface area contributed by atoms with Gasteiger partial charge in [0.15, 0.2) is 5.78 Å². The van der Waals surface area contributed by atoms with Crippen molar-refractivity contribution in [3.63, 3.8) is 0 Å². The largest absolute Gasteiger partial charge is 0.444 e. The number of amides is 1. The molecule has 1 aliphatic heterocycles. The number of carbonyl (C=O) groups excluding carboxylic acids is 2. The van der Waals surface area contributed by atoms with Gasteiger partial charge >= 0.3 is 6.09 Å². The first-order valence-corrected chi connectivity index (χ1v) is 5.96. The van der Waals surface area contributed by atoms with Crippen LogP contribution in [0.2, 0.25) is 0 Å². The van der Waals surface area contributed by atoms with Crippen molar-refractivity contribution in [2.75, 3.05) is 6.54 Å². The molecule has 0 saturated carbocycles. The Morgan fingerprint density at radius 2 is 1.94 bits per heavy atom. The van der Waals surface area contributed by atoms with Crippen LogP contribution in [-0.2, 0) is 9.53 Å². The third kappa shape index (κ3) is 3.65. The van der Waals surface area contributed by atoms with Crippen molar-refractivity contribution >= 4 is 11.9 Å². The van der Waals surface area contributed by atoms with E-state index in [2.05, 4.69) is 0 Å². The molecule has 18 heavy (non-hydrogen) atoms. The molecule has 104 valence electrons. The van der Waals surface area contributed by atoms with Gasteiger partial charge in [0.1, 0.15) is 5.60 Å². The van der Waals surface area contributed by atoms with Gasteiger partial charge in [0, 0.05) is 12.8 Å². The summed E-state index contributed by atoms with van der Waals surface area (Å²) in [6.07, 6.45) is -1.34. The van der Waals surface area contributed by atoms with Crippen LogP contribution in [0.3, 0.4) is 0 Å². The highest BCUT2D eigenvalue weighted by molar-refractivity contribution is 5.88. The van der Waals surface area contributed by atoms with Crippen LogP contribution in [-0.4, -0.2) is 40.9 Å². The maximum absolute atomic E-state index is 13.3. The smallest absolute Gasteiger partial charge is 0.411 e. The second kappa shape index (κ2) is 4.82. The third-order valence-electron chi connectivity index (χ3n) is 2.62. The molecular formula is C12H19F2NO3. The second-order valence-corrected chi connectivity index (χ2v) is 5.50. The van der Waals surface area contributed by atoms with E-state index in [-0.39, 0.29) is 12.2 Å². The summed E-state index contributed by atoms with van der Waals surface area (Å²) >= 11 is 0. The average molecular weight is 263 g/mol. The van der Waals surface area contributed by atoms with Gasteiger partial charge in [-0.3, -0.25) is 9.69 Å². The number of likely N-dealkylation sites (tertiary alicyclic amines) is 1. The molecule has 1 aliphatic rings. The zero-order valence-corrected chi connectivity index (χ0v) is 11.1. The third-order valence-corrected chi connectivity index (χ3v) is 2.62. The van der Waals surface area contributed by atoms with E-state index in [9.17, 15) is 18.4 Å². The molecule has 0 bridgehead atoms. The van der Waals surface area contributed by atoms with Gasteiger partial charge in [-0.1, -0.05) is 6.92 Å². The Bertz CT molecular complexity index is 350. The summed E-state index contributed by atoms with van der Waals surface area (Å²) in [6, 6.07) is -1.07. The van der Waals surface area contributed by atoms with Gasteiger partial charge in [-0.15, -0.1) is 0 Å². The predicted octanol–water partition coefficient (Wildman–Crippen LogP) is 2.61. The number of hydrogen-bond donors (Lipinski definition) is 0. The minimum atomic E-state index is -3.02. The lowest BCUT2D eigenvalue weighted by molar-refractivity contribution is -0.123. The Kier molecular flexibility index (Phi) is 3.98. The van der Waals surface area contributed by atoms with E-state index in [0.29, 0.717) is 0 Å². The quantitative estimate of drug-likeness (QED) is 0.769. The zero-order chi connectivity index (χ0) is 14.1. The molecule has 0 spiro atoms. The molecule has 1 atom stereocenters. The van der Waals surface area contributed by atoms with Crippen LogP contribution in [0.5, 0.6) is 0 Å². The van der Waals surface area contributed by atoms with Gasteiger partial charge in [-0.25, -0.2) is 13.6 Å². The fourth-order valence-electron chi connectivity index (χ4n) is 1.85. The number of rotatable bonds is 2. The maximum atomic E-state index is 13.3. The van der Waals surface area contributed by atoms with Crippen molar-refractivity contribution in [2.45, 2.75) is 58.1 Å². The van der Waals surface area contributed by atoms with E-state index in [0.717, 1.165) is 4.90 Å². The number of Topliss-reactive ketones (excluding diaryl/α,β-unsaturated/α-hetero) is 1. The molecule has 0 N–H and O–H groups in total. The van der Waals surface area contributed by atoms with Crippen molar-refractivity contribution in [1.29, 1.82) is 0 Å². The van der Waals surface area contributed by atoms with Crippen molar-refractivity contribution in [2.24, 2.45) is 0 Å². The van der Waals surface area contributed by atoms with Gasteiger partial charge in [0.05, 0.1) is 12.6 Å². The minimum absolute atomic E-state index is 0.125. The van der Waals surface area contributed by atoms with Crippen LogP contribution in [0.4, 0.5) is 13.6 Å². The Morgan fingerprint density at radius 1 is 1.39 bits per heavy atom. The van der Waals surface area contributed by atoms with Crippen molar-refractivity contribution in [1.82, 2.24) is 4.90 Å². The highest BCUT2D eigenvalue weighted by atomic mass is 19.3. The SMILES string of the molecule is CCC(=O)C1CC(F)(F)CN1C(=O)OC(C)(C)C. The van der Waals surface area contributed by atoms with Crippen molar-refractivity contribution in [3.05, 3.63) is 0 Å². The summed E-state index contributed by atoms with van der Waals surface area (Å²) in [6.45, 7) is 5.78. The lowest BCUT2D eigenvalue weighted by Gasteiger charge is -2.27. The Balaban J connectivity index is 2.84. The van der Waals surface area contributed by atoms with E-state index >= 15 is 0 Å². The lowest BCUT2D eigenvalue weighted by Crippen LogP contribution is -2.43. The normalized spacial score (nSPS) is 23.0. The standard InChI is InChI=1S/C12H19F2NO3/c1-5-9(16)8-6-12(13,14)7-15(8)10(17)18-11(2,3)4/h8H,5-7H2,1-4H3. The number of hydrogen-bond acceptors (Lipinski definition) is 3. The second-order valence-electron chi connectivity index (χ2n) is 5.50. The maximum Gasteiger partial charge on any atom is 0.411 e. The summed E-state index contributed by atoms with van der Waals surface area (Å²) in [5.41, 5.74) is -0.769. The molecule has 1 saturated heterocycles. The van der Waals surface area contributed by atoms with Crippen LogP contribution >= 0.6 is 0 Å². The molecule has 1 amide bonds. The molecule has 0 aromatic rings. The number of ether oxygens (including phenoxy) is 1. The minimum Gasteiger partial charge on any atom is -0.444 e. The molecule has 4 nitrogen and oxygen atoms in total. The van der Waals surface area contributed by atoms with Gasteiger partial charge in [0.2, 0.25) is 0 Å². The molecule has 1 unspecified atom stereocenters. The number of carbonyl (C=O) groups is 2. The molecule has 1 rings (SSSR count). The molecular weight excluding hydrogens is 244 g/mol. The van der Waals surface area contributed by atoms with Crippen molar-refractivity contribution < 1.29 is 23.1 Å². The van der Waals surface area contributed by atoms with Crippen LogP contribution in [0.25, 0.3) is 0 Å². The van der Waals surface area contributed by atoms with Crippen LogP contribution in [0, 0.1) is 0 Å². The topological polar surface area (TPSA) is 46.6 Å². The fraction of sp³-hybridized carbons (Fsp3) is 0.833. The first-order chi connectivity index (χ1) is 8.06. The summed E-state index contributed by atoms with van der Waals surface area (Å²) in [5, 5.41) is 0. The van der Waals surface area contributed by atoms with E-state index < -0.39 is 36.6 Å². The summed E-state index contributed by atoms with van der Waals surface area (Å²) in [7, 11) is 0. The van der Waals surface area contributed by atoms with Gasteiger partial charge in [0.25, 0.3) is 5.92 Å². The number of halogens is 2. The summed E-state index contributed by atoms with van der Waals surface area (Å²) in [5.74, 6) is -3.38. The van der Waals surface area contributed by atoms with Crippen LogP contribution < -0.4 is 0 Å². The Morgan fingerprint density at radius 3 is 2.39 bits per heavy atom. The van der Waals surface area contributed by atoms with E-state index in [1.807, 2.05) is 0 Å². The monoisotopic (exact) mass is 263 g/mol. The molecule has 0 radical (unpaired) electrons. The molecule has 6 heteroatoms. The number of nitrogens with zero attached hydrogens (tertiary/aromatic N) is 1. The fourth-order valence-corrected chi connectivity index (χ4v) is 1.85. The first-order valence-electron chi connectivity index (χ1n) is 5.96. The first kappa shape index (κ1) is 14.9. The van der Waals surface area contributed by atoms with Gasteiger partial charge in [-0.2, -0.15) is 0 Å².